The average Bonchev–Trinajstić information content (AvgIpc) is 2.44. The number of rotatable bonds is 5. The van der Waals surface area contributed by atoms with Crippen LogP contribution in [0.25, 0.3) is 0 Å². The van der Waals surface area contributed by atoms with Crippen molar-refractivity contribution in [3.05, 3.63) is 22.8 Å². The van der Waals surface area contributed by atoms with Gasteiger partial charge in [-0.3, -0.25) is 0 Å². The summed E-state index contributed by atoms with van der Waals surface area (Å²) < 4.78 is 10.4. The van der Waals surface area contributed by atoms with Gasteiger partial charge in [0.05, 0.1) is 12.3 Å². The predicted molar refractivity (Wildman–Crippen MR) is 68.7 cm³/mol. The van der Waals surface area contributed by atoms with Crippen LogP contribution in [-0.2, 0) is 29.0 Å². The highest BCUT2D eigenvalue weighted by atomic mass is 16.5. The molecule has 2 heterocycles. The summed E-state index contributed by atoms with van der Waals surface area (Å²) in [5.41, 5.74) is 2.14. The number of aromatic nitrogens is 2. The number of hydrogen-bond acceptors (Lipinski definition) is 6. The van der Waals surface area contributed by atoms with Crippen LogP contribution in [0.1, 0.15) is 41.4 Å². The fourth-order valence-electron chi connectivity index (χ4n) is 2.02. The van der Waals surface area contributed by atoms with E-state index in [1.54, 1.807) is 6.92 Å². The van der Waals surface area contributed by atoms with Crippen molar-refractivity contribution >= 4 is 5.97 Å². The minimum atomic E-state index is -0.386. The monoisotopic (exact) mass is 265 g/mol. The van der Waals surface area contributed by atoms with Crippen molar-refractivity contribution in [3.8, 4) is 0 Å². The SMILES string of the molecule is CCOCc1nc2c(c(C(=O)OCC)n1)CNCC2. The maximum Gasteiger partial charge on any atom is 0.357 e. The predicted octanol–water partition coefficient (Wildman–Crippen LogP) is 0.835. The summed E-state index contributed by atoms with van der Waals surface area (Å²) >= 11 is 0. The molecule has 0 unspecified atom stereocenters. The van der Waals surface area contributed by atoms with Gasteiger partial charge in [-0.15, -0.1) is 0 Å². The summed E-state index contributed by atoms with van der Waals surface area (Å²) in [4.78, 5) is 20.7. The molecule has 6 heteroatoms. The first-order valence-corrected chi connectivity index (χ1v) is 6.60. The van der Waals surface area contributed by atoms with Crippen molar-refractivity contribution in [1.29, 1.82) is 0 Å². The first kappa shape index (κ1) is 13.9. The molecule has 0 aromatic carbocycles. The molecule has 0 fully saturated rings. The van der Waals surface area contributed by atoms with Gasteiger partial charge in [0.1, 0.15) is 6.61 Å². The van der Waals surface area contributed by atoms with Gasteiger partial charge in [-0.2, -0.15) is 0 Å². The van der Waals surface area contributed by atoms with E-state index in [2.05, 4.69) is 15.3 Å². The molecule has 1 aromatic heterocycles. The average molecular weight is 265 g/mol. The molecular formula is C13H19N3O3. The molecule has 1 aliphatic heterocycles. The van der Waals surface area contributed by atoms with Crippen molar-refractivity contribution in [2.24, 2.45) is 0 Å². The lowest BCUT2D eigenvalue weighted by molar-refractivity contribution is 0.0515. The molecule has 1 aromatic rings. The zero-order valence-corrected chi connectivity index (χ0v) is 11.4. The van der Waals surface area contributed by atoms with E-state index >= 15 is 0 Å². The fourth-order valence-corrected chi connectivity index (χ4v) is 2.02. The lowest BCUT2D eigenvalue weighted by Gasteiger charge is -2.19. The Hall–Kier alpha value is -1.53. The van der Waals surface area contributed by atoms with E-state index in [4.69, 9.17) is 9.47 Å². The molecule has 0 amide bonds. The number of carbonyl (C=O) groups excluding carboxylic acids is 1. The topological polar surface area (TPSA) is 73.3 Å². The zero-order chi connectivity index (χ0) is 13.7. The van der Waals surface area contributed by atoms with Crippen LogP contribution >= 0.6 is 0 Å². The number of ether oxygens (including phenoxy) is 2. The minimum Gasteiger partial charge on any atom is -0.461 e. The van der Waals surface area contributed by atoms with Gasteiger partial charge in [0.15, 0.2) is 11.5 Å². The van der Waals surface area contributed by atoms with Crippen molar-refractivity contribution in [1.82, 2.24) is 15.3 Å². The number of hydrogen-bond donors (Lipinski definition) is 1. The van der Waals surface area contributed by atoms with Crippen LogP contribution in [0.5, 0.6) is 0 Å². The maximum atomic E-state index is 12.0. The van der Waals surface area contributed by atoms with E-state index in [0.29, 0.717) is 37.9 Å². The normalized spacial score (nSPS) is 14.0. The third kappa shape index (κ3) is 3.27. The van der Waals surface area contributed by atoms with Gasteiger partial charge in [0.2, 0.25) is 0 Å². The minimum absolute atomic E-state index is 0.323. The Bertz CT molecular complexity index is 463. The van der Waals surface area contributed by atoms with E-state index < -0.39 is 0 Å². The van der Waals surface area contributed by atoms with Gasteiger partial charge in [-0.05, 0) is 13.8 Å². The van der Waals surface area contributed by atoms with Crippen molar-refractivity contribution in [3.63, 3.8) is 0 Å². The van der Waals surface area contributed by atoms with Crippen LogP contribution in [0, 0.1) is 0 Å². The van der Waals surface area contributed by atoms with Gasteiger partial charge in [-0.1, -0.05) is 0 Å². The van der Waals surface area contributed by atoms with Crippen molar-refractivity contribution in [2.45, 2.75) is 33.4 Å². The number of nitrogens with one attached hydrogen (secondary N) is 1. The molecule has 19 heavy (non-hydrogen) atoms. The quantitative estimate of drug-likeness (QED) is 0.795. The van der Waals surface area contributed by atoms with Gasteiger partial charge < -0.3 is 14.8 Å². The van der Waals surface area contributed by atoms with Crippen LogP contribution in [0.3, 0.4) is 0 Å². The molecule has 104 valence electrons. The van der Waals surface area contributed by atoms with E-state index in [-0.39, 0.29) is 5.97 Å². The third-order valence-corrected chi connectivity index (χ3v) is 2.88. The Balaban J connectivity index is 2.34. The van der Waals surface area contributed by atoms with Gasteiger partial charge in [0.25, 0.3) is 0 Å². The zero-order valence-electron chi connectivity index (χ0n) is 11.4. The van der Waals surface area contributed by atoms with Crippen LogP contribution in [-0.4, -0.2) is 35.7 Å². The second-order valence-corrected chi connectivity index (χ2v) is 4.20. The molecule has 0 radical (unpaired) electrons. The molecule has 0 spiro atoms. The number of fused-ring (bicyclic) bond motifs is 1. The maximum absolute atomic E-state index is 12.0. The highest BCUT2D eigenvalue weighted by Crippen LogP contribution is 2.17. The fraction of sp³-hybridized carbons (Fsp3) is 0.615. The van der Waals surface area contributed by atoms with Crippen LogP contribution in [0.4, 0.5) is 0 Å². The molecule has 0 saturated carbocycles. The Morgan fingerprint density at radius 2 is 2.16 bits per heavy atom. The molecular weight excluding hydrogens is 246 g/mol. The molecule has 0 atom stereocenters. The first-order valence-electron chi connectivity index (χ1n) is 6.60. The Morgan fingerprint density at radius 1 is 1.32 bits per heavy atom. The van der Waals surface area contributed by atoms with Gasteiger partial charge in [0, 0.05) is 31.7 Å². The summed E-state index contributed by atoms with van der Waals surface area (Å²) in [6.07, 6.45) is 0.795. The van der Waals surface area contributed by atoms with Crippen molar-refractivity contribution < 1.29 is 14.3 Å². The summed E-state index contributed by atoms with van der Waals surface area (Å²) in [6.45, 7) is 6.42. The van der Waals surface area contributed by atoms with E-state index in [9.17, 15) is 4.79 Å². The molecule has 0 bridgehead atoms. The summed E-state index contributed by atoms with van der Waals surface area (Å²) in [5, 5.41) is 3.22. The second kappa shape index (κ2) is 6.58. The second-order valence-electron chi connectivity index (χ2n) is 4.20. The van der Waals surface area contributed by atoms with E-state index in [1.165, 1.54) is 0 Å². The highest BCUT2D eigenvalue weighted by Gasteiger charge is 2.22. The van der Waals surface area contributed by atoms with Crippen molar-refractivity contribution in [2.75, 3.05) is 19.8 Å². The molecule has 2 rings (SSSR count). The highest BCUT2D eigenvalue weighted by molar-refractivity contribution is 5.89. The standard InChI is InChI=1S/C13H19N3O3/c1-3-18-8-11-15-10-5-6-14-7-9(10)12(16-11)13(17)19-4-2/h14H,3-8H2,1-2H3. The number of carbonyl (C=O) groups is 1. The van der Waals surface area contributed by atoms with Crippen LogP contribution in [0.15, 0.2) is 0 Å². The van der Waals surface area contributed by atoms with Crippen LogP contribution < -0.4 is 5.32 Å². The summed E-state index contributed by atoms with van der Waals surface area (Å²) in [6, 6.07) is 0. The van der Waals surface area contributed by atoms with Gasteiger partial charge in [-0.25, -0.2) is 14.8 Å². The molecule has 1 aliphatic rings. The molecule has 6 nitrogen and oxygen atoms in total. The van der Waals surface area contributed by atoms with Crippen LogP contribution in [0.2, 0.25) is 0 Å². The number of esters is 1. The first-order chi connectivity index (χ1) is 9.26. The lowest BCUT2D eigenvalue weighted by atomic mass is 10.1. The summed E-state index contributed by atoms with van der Waals surface area (Å²) in [5.74, 6) is 0.160. The largest absolute Gasteiger partial charge is 0.461 e. The third-order valence-electron chi connectivity index (χ3n) is 2.88. The number of nitrogens with zero attached hydrogens (tertiary/aromatic N) is 2. The molecule has 0 saturated heterocycles. The summed E-state index contributed by atoms with van der Waals surface area (Å²) in [7, 11) is 0. The Morgan fingerprint density at radius 3 is 2.89 bits per heavy atom. The smallest absolute Gasteiger partial charge is 0.357 e. The van der Waals surface area contributed by atoms with E-state index in [0.717, 1.165) is 24.2 Å². The Labute approximate surface area is 112 Å². The molecule has 1 N–H and O–H groups in total. The Kier molecular flexibility index (Phi) is 4.81. The lowest BCUT2D eigenvalue weighted by Crippen LogP contribution is -2.29. The molecule has 0 aliphatic carbocycles. The van der Waals surface area contributed by atoms with Gasteiger partial charge >= 0.3 is 5.97 Å². The van der Waals surface area contributed by atoms with E-state index in [1.807, 2.05) is 6.92 Å².